The number of hydrogen-bond donors (Lipinski definition) is 1. The number of amides is 1. The van der Waals surface area contributed by atoms with E-state index in [1.54, 1.807) is 12.3 Å². The third-order valence-electron chi connectivity index (χ3n) is 3.46. The predicted molar refractivity (Wildman–Crippen MR) is 72.2 cm³/mol. The smallest absolute Gasteiger partial charge is 0.257 e. The van der Waals surface area contributed by atoms with E-state index >= 15 is 0 Å². The summed E-state index contributed by atoms with van der Waals surface area (Å²) in [5, 5.41) is 0. The van der Waals surface area contributed by atoms with E-state index in [-0.39, 0.29) is 5.91 Å². The number of aromatic nitrogens is 1. The van der Waals surface area contributed by atoms with Gasteiger partial charge in [0.1, 0.15) is 0 Å². The lowest BCUT2D eigenvalue weighted by atomic mass is 9.91. The number of nitrogens with zero attached hydrogens (tertiary/aromatic N) is 2. The van der Waals surface area contributed by atoms with E-state index in [0.29, 0.717) is 23.1 Å². The molecule has 0 aromatic carbocycles. The molecule has 1 aromatic rings. The molecule has 1 fully saturated rings. The second-order valence-electron chi connectivity index (χ2n) is 5.57. The number of nitrogen functional groups attached to an aromatic ring is 1. The highest BCUT2D eigenvalue weighted by Crippen LogP contribution is 2.23. The Morgan fingerprint density at radius 1 is 1.39 bits per heavy atom. The topological polar surface area (TPSA) is 59.2 Å². The van der Waals surface area contributed by atoms with E-state index in [1.807, 2.05) is 11.8 Å². The second kappa shape index (κ2) is 4.96. The minimum Gasteiger partial charge on any atom is -0.398 e. The molecule has 1 aliphatic heterocycles. The molecule has 0 radical (unpaired) electrons. The monoisotopic (exact) mass is 247 g/mol. The van der Waals surface area contributed by atoms with E-state index in [9.17, 15) is 4.79 Å². The van der Waals surface area contributed by atoms with Gasteiger partial charge in [-0.2, -0.15) is 0 Å². The number of carbonyl (C=O) groups is 1. The number of carbonyl (C=O) groups excluding carboxylic acids is 1. The maximum atomic E-state index is 12.4. The highest BCUT2D eigenvalue weighted by Gasteiger charge is 2.27. The first-order valence-corrected chi connectivity index (χ1v) is 6.48. The molecule has 2 N–H and O–H groups in total. The summed E-state index contributed by atoms with van der Waals surface area (Å²) in [4.78, 5) is 18.5. The van der Waals surface area contributed by atoms with Crippen LogP contribution in [-0.4, -0.2) is 28.9 Å². The van der Waals surface area contributed by atoms with E-state index in [0.717, 1.165) is 18.8 Å². The fourth-order valence-electron chi connectivity index (χ4n) is 2.76. The zero-order valence-corrected chi connectivity index (χ0v) is 11.3. The molecule has 0 bridgehead atoms. The van der Waals surface area contributed by atoms with Crippen LogP contribution in [0.2, 0.25) is 0 Å². The maximum absolute atomic E-state index is 12.4. The van der Waals surface area contributed by atoms with Crippen molar-refractivity contribution in [3.63, 3.8) is 0 Å². The van der Waals surface area contributed by atoms with Crippen LogP contribution >= 0.6 is 0 Å². The fourth-order valence-corrected chi connectivity index (χ4v) is 2.76. The lowest BCUT2D eigenvalue weighted by Crippen LogP contribution is -2.42. The summed E-state index contributed by atoms with van der Waals surface area (Å²) < 4.78 is 0. The fraction of sp³-hybridized carbons (Fsp3) is 0.571. The molecule has 0 spiro atoms. The number of pyridine rings is 1. The summed E-state index contributed by atoms with van der Waals surface area (Å²) in [5.74, 6) is 1.12. The van der Waals surface area contributed by atoms with Gasteiger partial charge < -0.3 is 10.6 Å². The Labute approximate surface area is 108 Å². The highest BCUT2D eigenvalue weighted by molar-refractivity contribution is 5.98. The van der Waals surface area contributed by atoms with Gasteiger partial charge in [-0.1, -0.05) is 13.8 Å². The van der Waals surface area contributed by atoms with Crippen LogP contribution in [0.4, 0.5) is 5.69 Å². The quantitative estimate of drug-likeness (QED) is 0.826. The van der Waals surface area contributed by atoms with Crippen molar-refractivity contribution in [2.75, 3.05) is 18.8 Å². The number of aryl methyl sites for hydroxylation is 1. The first kappa shape index (κ1) is 12.9. The van der Waals surface area contributed by atoms with Crippen molar-refractivity contribution in [3.05, 3.63) is 23.5 Å². The van der Waals surface area contributed by atoms with Crippen molar-refractivity contribution in [2.45, 2.75) is 27.2 Å². The van der Waals surface area contributed by atoms with Crippen molar-refractivity contribution < 1.29 is 4.79 Å². The van der Waals surface area contributed by atoms with E-state index in [1.165, 1.54) is 6.42 Å². The van der Waals surface area contributed by atoms with Gasteiger partial charge >= 0.3 is 0 Å². The summed E-state index contributed by atoms with van der Waals surface area (Å²) in [7, 11) is 0. The Bertz CT molecular complexity index is 448. The summed E-state index contributed by atoms with van der Waals surface area (Å²) in [5.41, 5.74) is 7.80. The number of rotatable bonds is 1. The van der Waals surface area contributed by atoms with Gasteiger partial charge in [-0.15, -0.1) is 0 Å². The lowest BCUT2D eigenvalue weighted by molar-refractivity contribution is 0.0624. The van der Waals surface area contributed by atoms with Crippen molar-refractivity contribution in [1.29, 1.82) is 0 Å². The van der Waals surface area contributed by atoms with E-state index < -0.39 is 0 Å². The zero-order valence-electron chi connectivity index (χ0n) is 11.3. The number of piperidine rings is 1. The van der Waals surface area contributed by atoms with Gasteiger partial charge in [0, 0.05) is 30.7 Å². The Hall–Kier alpha value is -1.58. The Kier molecular flexibility index (Phi) is 3.55. The van der Waals surface area contributed by atoms with Gasteiger partial charge in [-0.05, 0) is 31.2 Å². The minimum atomic E-state index is 0.0124. The molecule has 4 heteroatoms. The van der Waals surface area contributed by atoms with Crippen LogP contribution in [0.25, 0.3) is 0 Å². The first-order valence-electron chi connectivity index (χ1n) is 6.48. The molecule has 0 aliphatic carbocycles. The normalized spacial score (nSPS) is 24.1. The SMILES string of the molecule is Cc1cc(N)c(C(=O)N2CC(C)CC(C)C2)cn1. The van der Waals surface area contributed by atoms with Crippen molar-refractivity contribution in [1.82, 2.24) is 9.88 Å². The molecule has 1 aliphatic rings. The molecule has 2 rings (SSSR count). The van der Waals surface area contributed by atoms with Gasteiger partial charge in [-0.3, -0.25) is 9.78 Å². The third-order valence-corrected chi connectivity index (χ3v) is 3.46. The van der Waals surface area contributed by atoms with Crippen LogP contribution in [0.3, 0.4) is 0 Å². The standard InChI is InChI=1S/C14H21N3O/c1-9-4-10(2)8-17(7-9)14(18)12-6-16-11(3)5-13(12)15/h5-6,9-10H,4,7-8H2,1-3H3,(H2,15,16). The average molecular weight is 247 g/mol. The Morgan fingerprint density at radius 3 is 2.56 bits per heavy atom. The number of anilines is 1. The largest absolute Gasteiger partial charge is 0.398 e. The molecule has 1 saturated heterocycles. The van der Waals surface area contributed by atoms with Crippen molar-refractivity contribution in [2.24, 2.45) is 11.8 Å². The van der Waals surface area contributed by atoms with Gasteiger partial charge in [0.2, 0.25) is 0 Å². The van der Waals surface area contributed by atoms with Crippen molar-refractivity contribution in [3.8, 4) is 0 Å². The van der Waals surface area contributed by atoms with Gasteiger partial charge in [0.05, 0.1) is 5.56 Å². The third kappa shape index (κ3) is 2.63. The molecule has 18 heavy (non-hydrogen) atoms. The van der Waals surface area contributed by atoms with Crippen LogP contribution in [0.5, 0.6) is 0 Å². The summed E-state index contributed by atoms with van der Waals surface area (Å²) in [6, 6.07) is 1.75. The lowest BCUT2D eigenvalue weighted by Gasteiger charge is -2.35. The highest BCUT2D eigenvalue weighted by atomic mass is 16.2. The van der Waals surface area contributed by atoms with Crippen LogP contribution in [-0.2, 0) is 0 Å². The molecule has 98 valence electrons. The molecular weight excluding hydrogens is 226 g/mol. The summed E-state index contributed by atoms with van der Waals surface area (Å²) in [6.45, 7) is 7.88. The van der Waals surface area contributed by atoms with Gasteiger partial charge in [0.15, 0.2) is 0 Å². The van der Waals surface area contributed by atoms with Crippen LogP contribution in [0.1, 0.15) is 36.3 Å². The number of nitrogens with two attached hydrogens (primary N) is 1. The van der Waals surface area contributed by atoms with Crippen molar-refractivity contribution >= 4 is 11.6 Å². The minimum absolute atomic E-state index is 0.0124. The predicted octanol–water partition coefficient (Wildman–Crippen LogP) is 2.09. The van der Waals surface area contributed by atoms with Gasteiger partial charge in [0.25, 0.3) is 5.91 Å². The molecule has 0 saturated carbocycles. The number of hydrogen-bond acceptors (Lipinski definition) is 3. The molecule has 2 unspecified atom stereocenters. The van der Waals surface area contributed by atoms with E-state index in [2.05, 4.69) is 18.8 Å². The molecule has 1 aromatic heterocycles. The second-order valence-corrected chi connectivity index (χ2v) is 5.57. The molecule has 4 nitrogen and oxygen atoms in total. The van der Waals surface area contributed by atoms with Crippen LogP contribution in [0, 0.1) is 18.8 Å². The van der Waals surface area contributed by atoms with E-state index in [4.69, 9.17) is 5.73 Å². The Balaban J connectivity index is 2.20. The van der Waals surface area contributed by atoms with Crippen LogP contribution in [0.15, 0.2) is 12.3 Å². The molecule has 1 amide bonds. The summed E-state index contributed by atoms with van der Waals surface area (Å²) in [6.07, 6.45) is 2.78. The van der Waals surface area contributed by atoms with Gasteiger partial charge in [-0.25, -0.2) is 0 Å². The first-order chi connectivity index (χ1) is 8.47. The molecule has 2 heterocycles. The average Bonchev–Trinajstić information content (AvgIpc) is 2.26. The maximum Gasteiger partial charge on any atom is 0.257 e. The van der Waals surface area contributed by atoms with Crippen LogP contribution < -0.4 is 5.73 Å². The number of likely N-dealkylation sites (tertiary alicyclic amines) is 1. The molecular formula is C14H21N3O. The summed E-state index contributed by atoms with van der Waals surface area (Å²) >= 11 is 0. The molecule has 2 atom stereocenters. The Morgan fingerprint density at radius 2 is 2.00 bits per heavy atom. The zero-order chi connectivity index (χ0) is 13.3.